The normalized spacial score (nSPS) is 26.8. The molecule has 0 spiro atoms. The minimum absolute atomic E-state index is 0.0133. The van der Waals surface area contributed by atoms with Gasteiger partial charge < -0.3 is 122 Å². The molecule has 2 saturated heterocycles. The predicted molar refractivity (Wildman–Crippen MR) is 425 cm³/mol. The van der Waals surface area contributed by atoms with E-state index in [4.69, 9.17) is 72.6 Å². The van der Waals surface area contributed by atoms with Crippen LogP contribution in [0.5, 0.6) is 51.7 Å². The number of halogens is 2. The van der Waals surface area contributed by atoms with Crippen molar-refractivity contribution in [1.29, 1.82) is 0 Å². The van der Waals surface area contributed by atoms with Crippen molar-refractivity contribution in [2.24, 2.45) is 29.2 Å². The summed E-state index contributed by atoms with van der Waals surface area (Å²) in [6.45, 7) is 12.1. The number of aromatic hydroxyl groups is 2. The molecule has 18 N–H and O–H groups in total. The van der Waals surface area contributed by atoms with Crippen LogP contribution in [0.15, 0.2) is 97.1 Å². The van der Waals surface area contributed by atoms with Crippen LogP contribution >= 0.6 is 23.2 Å². The highest BCUT2D eigenvalue weighted by Gasteiger charge is 2.52. The first kappa shape index (κ1) is 89.5. The number of carbonyl (C=O) groups excluding carboxylic acids is 8. The monoisotopic (exact) mass is 1690 g/mol. The Morgan fingerprint density at radius 2 is 1.41 bits per heavy atom. The highest BCUT2D eigenvalue weighted by molar-refractivity contribution is 6.32. The van der Waals surface area contributed by atoms with Gasteiger partial charge in [-0.1, -0.05) is 94.1 Å². The van der Waals surface area contributed by atoms with Crippen LogP contribution in [0.1, 0.15) is 168 Å². The molecule has 6 amide bonds. The van der Waals surface area contributed by atoms with E-state index in [0.717, 1.165) is 85.0 Å². The first-order valence-corrected chi connectivity index (χ1v) is 39.9. The number of Topliss-reactive ketones (excluding diaryl/α,β-unsaturated/α-hetero) is 2. The molecule has 35 heteroatoms. The summed E-state index contributed by atoms with van der Waals surface area (Å²) in [6.07, 6.45) is -17.9. The lowest BCUT2D eigenvalue weighted by molar-refractivity contribution is -0.333. The topological polar surface area (TPSA) is 522 Å². The number of hydrogen-bond acceptors (Lipinski definition) is 26. The number of nitrogens with one attached hydrogen (secondary N) is 5. The number of aliphatic carboxylic acids is 1. The third-order valence-corrected chi connectivity index (χ3v) is 22.3. The molecule has 0 aliphatic carbocycles. The minimum Gasteiger partial charge on any atom is -0.507 e. The molecule has 7 aliphatic rings. The van der Waals surface area contributed by atoms with Crippen molar-refractivity contribution in [3.63, 3.8) is 0 Å². The van der Waals surface area contributed by atoms with Crippen LogP contribution in [-0.4, -0.2) is 186 Å². The van der Waals surface area contributed by atoms with Gasteiger partial charge in [-0.2, -0.15) is 0 Å². The van der Waals surface area contributed by atoms with Crippen molar-refractivity contribution in [2.75, 3.05) is 19.8 Å². The van der Waals surface area contributed by atoms with Crippen molar-refractivity contribution in [2.45, 2.75) is 210 Å². The summed E-state index contributed by atoms with van der Waals surface area (Å²) in [6, 6.07) is 11.2. The zero-order valence-corrected chi connectivity index (χ0v) is 67.7. The van der Waals surface area contributed by atoms with Crippen LogP contribution in [0, 0.1) is 24.7 Å². The highest BCUT2D eigenvalue weighted by Crippen LogP contribution is 2.51. The molecule has 640 valence electrons. The first-order valence-electron chi connectivity index (χ1n) is 39.2. The minimum atomic E-state index is -2.32. The van der Waals surface area contributed by atoms with Crippen LogP contribution in [0.3, 0.4) is 0 Å². The fraction of sp³-hybridized carbons (Fsp3) is 0.464. The molecular weight excluding hydrogens is 1590 g/mol. The molecule has 18 atom stereocenters. The van der Waals surface area contributed by atoms with Gasteiger partial charge in [-0.15, -0.1) is 0 Å². The Hall–Kier alpha value is -10.3. The molecule has 0 aromatic heterocycles. The summed E-state index contributed by atoms with van der Waals surface area (Å²) in [5, 5.41) is 118. The average molecular weight is 1690 g/mol. The number of primary amides is 1. The number of carboxylic acid groups (broad SMARTS) is 1. The maximum Gasteiger partial charge on any atom is 0.412 e. The number of ether oxygens (including phenoxy) is 8. The van der Waals surface area contributed by atoms with Gasteiger partial charge in [0.1, 0.15) is 83.1 Å². The fourth-order valence-electron chi connectivity index (χ4n) is 15.3. The van der Waals surface area contributed by atoms with E-state index in [-0.39, 0.29) is 58.5 Å². The quantitative estimate of drug-likeness (QED) is 0.0303. The largest absolute Gasteiger partial charge is 0.507 e. The van der Waals surface area contributed by atoms with Gasteiger partial charge >= 0.3 is 12.1 Å². The lowest BCUT2D eigenvalue weighted by Crippen LogP contribution is -2.64. The van der Waals surface area contributed by atoms with Gasteiger partial charge in [0, 0.05) is 66.4 Å². The molecule has 119 heavy (non-hydrogen) atoms. The number of ketones is 2. The Labute approximate surface area is 694 Å². The Balaban J connectivity index is 1.09. The number of phenols is 2. The number of aliphatic hydroxyl groups excluding tert-OH is 6. The second-order valence-corrected chi connectivity index (χ2v) is 32.1. The van der Waals surface area contributed by atoms with Crippen molar-refractivity contribution in [1.82, 2.24) is 26.6 Å². The molecular formula is C84H99Cl2N7O26. The molecule has 11 bridgehead atoms. The zero-order chi connectivity index (χ0) is 86.3. The second kappa shape index (κ2) is 38.4. The van der Waals surface area contributed by atoms with Crippen molar-refractivity contribution < 1.29 is 127 Å². The Morgan fingerprint density at radius 1 is 0.739 bits per heavy atom. The highest BCUT2D eigenvalue weighted by atomic mass is 35.5. The van der Waals surface area contributed by atoms with Crippen LogP contribution in [0.2, 0.25) is 10.0 Å². The van der Waals surface area contributed by atoms with Crippen molar-refractivity contribution >= 4 is 76.4 Å². The van der Waals surface area contributed by atoms with E-state index < -0.39 is 250 Å². The summed E-state index contributed by atoms with van der Waals surface area (Å²) in [4.78, 5) is 133. The van der Waals surface area contributed by atoms with E-state index in [1.807, 2.05) is 39.0 Å². The number of aliphatic hydroxyl groups is 6. The number of carboxylic acids is 1. The third kappa shape index (κ3) is 20.8. The summed E-state index contributed by atoms with van der Waals surface area (Å²) in [7, 11) is 0. The molecule has 33 nitrogen and oxygen atoms in total. The number of hydrogen-bond donors (Lipinski definition) is 16. The summed E-state index contributed by atoms with van der Waals surface area (Å²) >= 11 is 14.3. The number of fused-ring (bicyclic) bond motifs is 15. The van der Waals surface area contributed by atoms with Crippen LogP contribution in [0.4, 0.5) is 4.79 Å². The van der Waals surface area contributed by atoms with Gasteiger partial charge in [0.25, 0.3) is 0 Å². The SMILES string of the molecule is CCCCCOc1ccc(CCNC(=O)Oc2cc(O)c3c(c2)[C@@H](C(=O)O)NC(=O)[C@H]2NC(=O)[C@H](CC(=O)[C@@H]4NC(=O)[C@H](CC(N)=O)CC(=O)[C@H](NC(=O)[C@H](CC)CC(C)C)[C@H](O)c5ccc(c(Cl)c5)Oc5cc4cc(c5O[C@@H]4O[C@H](CO)[C@@H](O)[C@H](O)[C@H]4O[C@H]4C[C@](C)(N)[C@H](O)[C@H](C)O4)Oc4ccc(cc4Cl)[C@H]2O)c2ccc(O)c-3c2)cc1C. The number of benzene rings is 6. The lowest BCUT2D eigenvalue weighted by atomic mass is 9.84. The van der Waals surface area contributed by atoms with Gasteiger partial charge in [0.15, 0.2) is 41.5 Å². The molecule has 2 fully saturated rings. The van der Waals surface area contributed by atoms with E-state index in [1.165, 1.54) is 38.1 Å². The summed E-state index contributed by atoms with van der Waals surface area (Å²) < 4.78 is 50.3. The van der Waals surface area contributed by atoms with E-state index in [2.05, 4.69) is 33.5 Å². The average Bonchev–Trinajstić information content (AvgIpc) is 0.764. The van der Waals surface area contributed by atoms with Gasteiger partial charge in [0.2, 0.25) is 41.6 Å². The number of rotatable bonds is 22. The molecule has 6 aromatic carbocycles. The number of unbranched alkanes of at least 4 members (excludes halogenated alkanes) is 2. The van der Waals surface area contributed by atoms with Gasteiger partial charge in [0.05, 0.1) is 47.3 Å². The zero-order valence-electron chi connectivity index (χ0n) is 66.2. The number of carbonyl (C=O) groups is 9. The van der Waals surface area contributed by atoms with E-state index >= 15 is 24.0 Å². The maximum absolute atomic E-state index is 16.4. The third-order valence-electron chi connectivity index (χ3n) is 21.7. The van der Waals surface area contributed by atoms with Gasteiger partial charge in [-0.05, 0) is 146 Å². The van der Waals surface area contributed by atoms with Crippen LogP contribution in [0.25, 0.3) is 11.1 Å². The van der Waals surface area contributed by atoms with E-state index in [1.54, 1.807) is 6.92 Å². The second-order valence-electron chi connectivity index (χ2n) is 31.3. The van der Waals surface area contributed by atoms with Crippen LogP contribution < -0.4 is 61.7 Å². The molecule has 0 radical (unpaired) electrons. The number of nitrogens with two attached hydrogens (primary N) is 2. The Kier molecular flexibility index (Phi) is 28.9. The molecule has 7 heterocycles. The first-order chi connectivity index (χ1) is 56.4. The molecule has 0 unspecified atom stereocenters. The van der Waals surface area contributed by atoms with Crippen LogP contribution in [-0.2, 0) is 59.0 Å². The maximum atomic E-state index is 16.4. The van der Waals surface area contributed by atoms with E-state index in [0.29, 0.717) is 25.2 Å². The molecule has 0 saturated carbocycles. The van der Waals surface area contributed by atoms with Crippen molar-refractivity contribution in [3.05, 3.63) is 146 Å². The summed E-state index contributed by atoms with van der Waals surface area (Å²) in [5.74, 6) is -18.4. The standard InChI is InChI=1S/C84H99Cl2N7O26/c1-8-10-11-22-112-57-17-12-40(24-38(57)5)20-21-89-83(111)114-47-32-50-65(54(96)33-47)49-25-42(13-16-53(49)95)48-34-56(98)66-45-29-60(115-58-18-14-43(26-51(58)85)70(100)68(92-77(105)41(9-2)23-37(3)4)55(97)28-46(31-63(87)99)78(106)90-66)74(119-82-75(73(103)72(102)62(36-94)117-82)118-64-35-84(7,88)76(104)39(6)113-64)61(30-45)116-59-19-15-44(27-52(59)86)71(101)69(93-79(48)107)80(108)91-67(50)81(109)110/h12-19,24-27,29-30,32-33,37,39,41,46,48,62,64,66-73,75-76,82,94-96,100-104H,8-11,20-23,28,31,34-36,88H2,1-7H3,(H2,87,99)(H,89,111)(H,90,106)(H,91,108)(H,92,105)(H,93,107)(H,109,110)/t39-,41+,46-,48+,62+,64-,66+,67-,68-,69-,70+,71+,72+,73-,75+,76+,82-,84-/m0/s1. The number of phenolic OH excluding ortho intramolecular Hbond substituents is 2. The predicted octanol–water partition coefficient (Wildman–Crippen LogP) is 7.02. The molecule has 13 rings (SSSR count). The molecule has 7 aliphatic heterocycles. The smallest absolute Gasteiger partial charge is 0.412 e. The Morgan fingerprint density at radius 3 is 2.03 bits per heavy atom. The fourth-order valence-corrected chi connectivity index (χ4v) is 15.8. The number of aryl methyl sites for hydroxylation is 1. The Bertz CT molecular complexity index is 4820. The lowest BCUT2D eigenvalue weighted by Gasteiger charge is -2.47. The molecule has 6 aromatic rings. The van der Waals surface area contributed by atoms with Gasteiger partial charge in [-0.25, -0.2) is 9.59 Å². The van der Waals surface area contributed by atoms with E-state index in [9.17, 15) is 65.1 Å². The number of amides is 6. The van der Waals surface area contributed by atoms with Gasteiger partial charge in [-0.3, -0.25) is 33.6 Å². The van der Waals surface area contributed by atoms with Crippen molar-refractivity contribution in [3.8, 4) is 62.9 Å². The summed E-state index contributed by atoms with van der Waals surface area (Å²) in [5.41, 5.74) is 10.1.